The number of hydrogen-bond acceptors (Lipinski definition) is 2. The molecule has 134 valence electrons. The molecule has 2 aromatic rings. The Hall–Kier alpha value is -1.52. The van der Waals surface area contributed by atoms with Gasteiger partial charge >= 0.3 is 0 Å². The summed E-state index contributed by atoms with van der Waals surface area (Å²) in [6, 6.07) is 8.42. The van der Waals surface area contributed by atoms with Crippen LogP contribution in [-0.4, -0.2) is 52.5 Å². The van der Waals surface area contributed by atoms with Crippen molar-refractivity contribution in [3.05, 3.63) is 35.0 Å². The smallest absolute Gasteiger partial charge is 0.270 e. The van der Waals surface area contributed by atoms with Crippen molar-refractivity contribution in [1.82, 2.24) is 14.4 Å². The van der Waals surface area contributed by atoms with Crippen LogP contribution in [0.1, 0.15) is 42.6 Å². The third-order valence-electron chi connectivity index (χ3n) is 5.88. The first-order valence-corrected chi connectivity index (χ1v) is 9.79. The van der Waals surface area contributed by atoms with E-state index in [1.807, 2.05) is 40.8 Å². The van der Waals surface area contributed by atoms with Gasteiger partial charge in [0.25, 0.3) is 5.91 Å². The van der Waals surface area contributed by atoms with Gasteiger partial charge in [0.2, 0.25) is 0 Å². The molecular weight excluding hydrogens is 334 g/mol. The molecule has 0 atom stereocenters. The summed E-state index contributed by atoms with van der Waals surface area (Å²) in [4.78, 5) is 17.7. The van der Waals surface area contributed by atoms with Gasteiger partial charge in [-0.25, -0.2) is 0 Å². The van der Waals surface area contributed by atoms with Gasteiger partial charge in [0.1, 0.15) is 5.69 Å². The van der Waals surface area contributed by atoms with Gasteiger partial charge in [-0.1, -0.05) is 18.0 Å². The molecule has 0 bridgehead atoms. The van der Waals surface area contributed by atoms with E-state index < -0.39 is 0 Å². The van der Waals surface area contributed by atoms with Crippen LogP contribution >= 0.6 is 11.6 Å². The van der Waals surface area contributed by atoms with Crippen molar-refractivity contribution in [2.75, 3.05) is 26.2 Å². The van der Waals surface area contributed by atoms with Crippen molar-refractivity contribution in [3.63, 3.8) is 0 Å². The highest BCUT2D eigenvalue weighted by molar-refractivity contribution is 6.31. The number of hydrogen-bond donors (Lipinski definition) is 0. The van der Waals surface area contributed by atoms with Crippen LogP contribution in [0.3, 0.4) is 0 Å². The minimum atomic E-state index is 0.145. The molecule has 5 heteroatoms. The van der Waals surface area contributed by atoms with Crippen LogP contribution in [0.15, 0.2) is 24.3 Å². The van der Waals surface area contributed by atoms with E-state index in [1.54, 1.807) is 0 Å². The van der Waals surface area contributed by atoms with E-state index in [0.717, 1.165) is 42.5 Å². The summed E-state index contributed by atoms with van der Waals surface area (Å²) in [5, 5.41) is 1.74. The van der Waals surface area contributed by atoms with Crippen molar-refractivity contribution in [2.24, 2.45) is 7.05 Å². The highest BCUT2D eigenvalue weighted by Gasteiger charge is 2.29. The molecule has 2 aliphatic rings. The lowest BCUT2D eigenvalue weighted by molar-refractivity contribution is 0.0582. The minimum absolute atomic E-state index is 0.145. The molecule has 0 spiro atoms. The van der Waals surface area contributed by atoms with Crippen LogP contribution in [0.25, 0.3) is 10.9 Å². The molecule has 0 N–H and O–H groups in total. The lowest BCUT2D eigenvalue weighted by atomic mass is 9.99. The van der Waals surface area contributed by atoms with E-state index in [-0.39, 0.29) is 5.91 Å². The first-order valence-electron chi connectivity index (χ1n) is 9.42. The van der Waals surface area contributed by atoms with Crippen molar-refractivity contribution in [1.29, 1.82) is 0 Å². The maximum Gasteiger partial charge on any atom is 0.270 e. The van der Waals surface area contributed by atoms with Crippen LogP contribution in [0, 0.1) is 0 Å². The monoisotopic (exact) mass is 359 g/mol. The van der Waals surface area contributed by atoms with Gasteiger partial charge in [-0.2, -0.15) is 0 Å². The first-order chi connectivity index (χ1) is 12.1. The number of carbonyl (C=O) groups is 1. The average molecular weight is 360 g/mol. The molecule has 0 saturated carbocycles. The summed E-state index contributed by atoms with van der Waals surface area (Å²) >= 11 is 6.09. The number of halogens is 1. The summed E-state index contributed by atoms with van der Waals surface area (Å²) in [6.45, 7) is 4.20. The fourth-order valence-electron chi connectivity index (χ4n) is 4.41. The molecule has 4 nitrogen and oxygen atoms in total. The number of carbonyl (C=O) groups excluding carboxylic acids is 1. The summed E-state index contributed by atoms with van der Waals surface area (Å²) in [7, 11) is 1.96. The van der Waals surface area contributed by atoms with Gasteiger partial charge in [0.15, 0.2) is 0 Å². The van der Waals surface area contributed by atoms with Gasteiger partial charge in [0.05, 0.1) is 0 Å². The molecule has 1 amide bonds. The number of nitrogens with zero attached hydrogens (tertiary/aromatic N) is 3. The zero-order chi connectivity index (χ0) is 17.4. The van der Waals surface area contributed by atoms with Gasteiger partial charge in [-0.3, -0.25) is 4.79 Å². The van der Waals surface area contributed by atoms with Crippen LogP contribution in [0.2, 0.25) is 5.02 Å². The zero-order valence-electron chi connectivity index (χ0n) is 14.9. The van der Waals surface area contributed by atoms with Crippen LogP contribution in [0.4, 0.5) is 0 Å². The largest absolute Gasteiger partial charge is 0.340 e. The predicted octanol–water partition coefficient (Wildman–Crippen LogP) is 3.92. The van der Waals surface area contributed by atoms with Crippen molar-refractivity contribution in [3.8, 4) is 0 Å². The first kappa shape index (κ1) is 16.9. The van der Waals surface area contributed by atoms with E-state index in [4.69, 9.17) is 11.6 Å². The van der Waals surface area contributed by atoms with Gasteiger partial charge < -0.3 is 14.4 Å². The molecule has 0 unspecified atom stereocenters. The number of piperidine rings is 2. The molecule has 25 heavy (non-hydrogen) atoms. The fraction of sp³-hybridized carbons (Fsp3) is 0.550. The molecule has 0 aliphatic carbocycles. The maximum absolute atomic E-state index is 13.0. The number of likely N-dealkylation sites (tertiary alicyclic amines) is 2. The molecule has 1 aromatic carbocycles. The second-order valence-corrected chi connectivity index (χ2v) is 7.85. The Balaban J connectivity index is 1.46. The number of aromatic nitrogens is 1. The quantitative estimate of drug-likeness (QED) is 0.813. The summed E-state index contributed by atoms with van der Waals surface area (Å²) < 4.78 is 1.99. The Kier molecular flexibility index (Phi) is 4.74. The van der Waals surface area contributed by atoms with Crippen molar-refractivity contribution >= 4 is 28.4 Å². The second-order valence-electron chi connectivity index (χ2n) is 7.41. The molecule has 2 fully saturated rings. The Labute approximate surface area is 154 Å². The Bertz CT molecular complexity index is 771. The number of rotatable bonds is 2. The summed E-state index contributed by atoms with van der Waals surface area (Å²) in [5.74, 6) is 0.145. The standard InChI is InChI=1S/C20H26ClN3O/c1-22-18-6-5-16(21)13-15(18)14-19(22)20(25)24-11-7-17(8-12-24)23-9-3-2-4-10-23/h5-6,13-14,17H,2-4,7-12H2,1H3. The number of benzene rings is 1. The number of fused-ring (bicyclic) bond motifs is 1. The van der Waals surface area contributed by atoms with Gasteiger partial charge in [0, 0.05) is 42.1 Å². The zero-order valence-corrected chi connectivity index (χ0v) is 15.6. The van der Waals surface area contributed by atoms with E-state index in [2.05, 4.69) is 4.90 Å². The Morgan fingerprint density at radius 3 is 2.48 bits per heavy atom. The summed E-state index contributed by atoms with van der Waals surface area (Å²) in [5.41, 5.74) is 1.81. The van der Waals surface area contributed by atoms with Gasteiger partial charge in [-0.05, 0) is 63.0 Å². The van der Waals surface area contributed by atoms with Crippen LogP contribution in [-0.2, 0) is 7.05 Å². The second kappa shape index (κ2) is 7.00. The Morgan fingerprint density at radius 1 is 1.04 bits per heavy atom. The topological polar surface area (TPSA) is 28.5 Å². The molecule has 2 saturated heterocycles. The number of amides is 1. The van der Waals surface area contributed by atoms with Crippen LogP contribution in [0.5, 0.6) is 0 Å². The highest BCUT2D eigenvalue weighted by atomic mass is 35.5. The van der Waals surface area contributed by atoms with Crippen LogP contribution < -0.4 is 0 Å². The van der Waals surface area contributed by atoms with E-state index >= 15 is 0 Å². The molecule has 4 rings (SSSR count). The molecule has 0 radical (unpaired) electrons. The average Bonchev–Trinajstić information content (AvgIpc) is 2.98. The molecular formula is C20H26ClN3O. The minimum Gasteiger partial charge on any atom is -0.340 e. The third-order valence-corrected chi connectivity index (χ3v) is 6.12. The molecule has 2 aliphatic heterocycles. The van der Waals surface area contributed by atoms with E-state index in [9.17, 15) is 4.79 Å². The SMILES string of the molecule is Cn1c(C(=O)N2CCC(N3CCCCC3)CC2)cc2cc(Cl)ccc21. The molecule has 3 heterocycles. The maximum atomic E-state index is 13.0. The highest BCUT2D eigenvalue weighted by Crippen LogP contribution is 2.25. The third kappa shape index (κ3) is 3.30. The Morgan fingerprint density at radius 2 is 1.76 bits per heavy atom. The number of aryl methyl sites for hydroxylation is 1. The van der Waals surface area contributed by atoms with Gasteiger partial charge in [-0.15, -0.1) is 0 Å². The van der Waals surface area contributed by atoms with E-state index in [0.29, 0.717) is 11.1 Å². The predicted molar refractivity (Wildman–Crippen MR) is 102 cm³/mol. The summed E-state index contributed by atoms with van der Waals surface area (Å²) in [6.07, 6.45) is 6.23. The van der Waals surface area contributed by atoms with E-state index in [1.165, 1.54) is 32.4 Å². The van der Waals surface area contributed by atoms with Crippen molar-refractivity contribution < 1.29 is 4.79 Å². The van der Waals surface area contributed by atoms with Crippen molar-refractivity contribution in [2.45, 2.75) is 38.1 Å². The molecule has 1 aromatic heterocycles. The lowest BCUT2D eigenvalue weighted by Crippen LogP contribution is -2.48. The lowest BCUT2D eigenvalue weighted by Gasteiger charge is -2.40. The normalized spacial score (nSPS) is 20.3. The fourth-order valence-corrected chi connectivity index (χ4v) is 4.59.